The second-order valence-corrected chi connectivity index (χ2v) is 11.2. The molecule has 0 spiro atoms. The molecule has 1 aromatic heterocycles. The van der Waals surface area contributed by atoms with Crippen molar-refractivity contribution in [2.24, 2.45) is 5.92 Å². The van der Waals surface area contributed by atoms with E-state index in [9.17, 15) is 10.2 Å². The highest BCUT2D eigenvalue weighted by Crippen LogP contribution is 2.29. The van der Waals surface area contributed by atoms with Crippen molar-refractivity contribution < 1.29 is 19.7 Å². The summed E-state index contributed by atoms with van der Waals surface area (Å²) in [6.45, 7) is 13.0. The van der Waals surface area contributed by atoms with Gasteiger partial charge in [0.1, 0.15) is 6.61 Å². The molecule has 0 aliphatic carbocycles. The van der Waals surface area contributed by atoms with Crippen molar-refractivity contribution >= 4 is 10.9 Å². The molecule has 39 heavy (non-hydrogen) atoms. The number of methoxy groups -OCH3 is 1. The average Bonchev–Trinajstić information content (AvgIpc) is 3.18. The molecule has 3 aromatic rings. The van der Waals surface area contributed by atoms with Gasteiger partial charge in [0, 0.05) is 49.4 Å². The first-order valence-electron chi connectivity index (χ1n) is 14.5. The maximum Gasteiger partial charge on any atom is 0.161 e. The predicted molar refractivity (Wildman–Crippen MR) is 158 cm³/mol. The average molecular weight is 538 g/mol. The van der Waals surface area contributed by atoms with Gasteiger partial charge in [0.2, 0.25) is 0 Å². The van der Waals surface area contributed by atoms with Crippen molar-refractivity contribution in [1.29, 1.82) is 0 Å². The first kappa shape index (κ1) is 29.4. The normalized spacial score (nSPS) is 15.8. The van der Waals surface area contributed by atoms with Crippen LogP contribution < -0.4 is 9.47 Å². The van der Waals surface area contributed by atoms with Crippen molar-refractivity contribution in [3.05, 3.63) is 59.3 Å². The van der Waals surface area contributed by atoms with Crippen molar-refractivity contribution in [2.75, 3.05) is 53.0 Å². The molecular formula is C32H47N3O4. The van der Waals surface area contributed by atoms with Gasteiger partial charge >= 0.3 is 0 Å². The third-order valence-electron chi connectivity index (χ3n) is 8.22. The lowest BCUT2D eigenvalue weighted by molar-refractivity contribution is 0.0908. The lowest BCUT2D eigenvalue weighted by atomic mass is 9.99. The zero-order valence-electron chi connectivity index (χ0n) is 24.2. The summed E-state index contributed by atoms with van der Waals surface area (Å²) in [5.41, 5.74) is 4.69. The number of ether oxygens (including phenoxy) is 2. The maximum atomic E-state index is 11.1. The van der Waals surface area contributed by atoms with Crippen molar-refractivity contribution in [3.63, 3.8) is 0 Å². The number of para-hydroxylation sites is 1. The van der Waals surface area contributed by atoms with Gasteiger partial charge in [-0.15, -0.1) is 0 Å². The van der Waals surface area contributed by atoms with E-state index in [4.69, 9.17) is 9.47 Å². The van der Waals surface area contributed by atoms with Crippen molar-refractivity contribution in [2.45, 2.75) is 59.2 Å². The summed E-state index contributed by atoms with van der Waals surface area (Å²) in [6, 6.07) is 14.5. The molecule has 7 heteroatoms. The quantitative estimate of drug-likeness (QED) is 0.313. The van der Waals surface area contributed by atoms with Crippen LogP contribution in [0.2, 0.25) is 0 Å². The monoisotopic (exact) mass is 537 g/mol. The van der Waals surface area contributed by atoms with Gasteiger partial charge in [-0.3, -0.25) is 9.80 Å². The summed E-state index contributed by atoms with van der Waals surface area (Å²) in [4.78, 5) is 4.69. The zero-order chi connectivity index (χ0) is 27.8. The summed E-state index contributed by atoms with van der Waals surface area (Å²) in [7, 11) is 1.68. The highest BCUT2D eigenvalue weighted by molar-refractivity contribution is 5.85. The third-order valence-corrected chi connectivity index (χ3v) is 8.22. The molecule has 1 aliphatic heterocycles. The van der Waals surface area contributed by atoms with Crippen LogP contribution in [0.25, 0.3) is 10.9 Å². The van der Waals surface area contributed by atoms with Gasteiger partial charge in [0.25, 0.3) is 0 Å². The molecule has 0 saturated carbocycles. The number of likely N-dealkylation sites (tertiary alicyclic amines) is 1. The molecule has 1 atom stereocenters. The van der Waals surface area contributed by atoms with Gasteiger partial charge in [-0.2, -0.15) is 0 Å². The maximum absolute atomic E-state index is 11.1. The number of fused-ring (bicyclic) bond motifs is 1. The number of hydrogen-bond donors (Lipinski definition) is 2. The molecule has 7 nitrogen and oxygen atoms in total. The highest BCUT2D eigenvalue weighted by atomic mass is 16.5. The van der Waals surface area contributed by atoms with E-state index in [-0.39, 0.29) is 6.61 Å². The number of nitrogens with zero attached hydrogens (tertiary/aromatic N) is 3. The van der Waals surface area contributed by atoms with E-state index in [1.54, 1.807) is 7.11 Å². The van der Waals surface area contributed by atoms with Crippen LogP contribution >= 0.6 is 0 Å². The molecular weight excluding hydrogens is 490 g/mol. The van der Waals surface area contributed by atoms with E-state index in [1.807, 2.05) is 18.2 Å². The second kappa shape index (κ2) is 14.2. The molecule has 214 valence electrons. The Morgan fingerprint density at radius 1 is 1.08 bits per heavy atom. The van der Waals surface area contributed by atoms with Crippen LogP contribution in [-0.4, -0.2) is 83.7 Å². The minimum Gasteiger partial charge on any atom is -0.493 e. The number of benzene rings is 2. The SMILES string of the molecule is COc1cc(CN(CCCO)CC(O)Cn2c(C)c(C)c3ccccc32)ccc1OCCN1CCC(C)CC1. The van der Waals surface area contributed by atoms with Crippen molar-refractivity contribution in [1.82, 2.24) is 14.4 Å². The number of aliphatic hydroxyl groups is 2. The van der Waals surface area contributed by atoms with Crippen molar-refractivity contribution in [3.8, 4) is 11.5 Å². The Morgan fingerprint density at radius 3 is 2.59 bits per heavy atom. The van der Waals surface area contributed by atoms with Gasteiger partial charge in [0.15, 0.2) is 11.5 Å². The lowest BCUT2D eigenvalue weighted by Crippen LogP contribution is -2.36. The van der Waals surface area contributed by atoms with E-state index in [2.05, 4.69) is 59.4 Å². The summed E-state index contributed by atoms with van der Waals surface area (Å²) in [5.74, 6) is 2.32. The fourth-order valence-corrected chi connectivity index (χ4v) is 5.69. The van der Waals surface area contributed by atoms with Gasteiger partial charge in [0.05, 0.1) is 19.8 Å². The first-order chi connectivity index (χ1) is 18.9. The molecule has 0 bridgehead atoms. The molecule has 1 unspecified atom stereocenters. The van der Waals surface area contributed by atoms with Crippen LogP contribution in [0.5, 0.6) is 11.5 Å². The summed E-state index contributed by atoms with van der Waals surface area (Å²) in [5, 5.41) is 21.9. The molecule has 2 N–H and O–H groups in total. The van der Waals surface area contributed by atoms with Crippen LogP contribution in [0, 0.1) is 19.8 Å². The van der Waals surface area contributed by atoms with Gasteiger partial charge in [-0.1, -0.05) is 31.2 Å². The fraction of sp³-hybridized carbons (Fsp3) is 0.562. The smallest absolute Gasteiger partial charge is 0.161 e. The first-order valence-corrected chi connectivity index (χ1v) is 14.5. The molecule has 2 aromatic carbocycles. The molecule has 1 fully saturated rings. The number of piperidine rings is 1. The number of aryl methyl sites for hydroxylation is 1. The number of aromatic nitrogens is 1. The number of aliphatic hydroxyl groups excluding tert-OH is 2. The molecule has 0 radical (unpaired) electrons. The predicted octanol–water partition coefficient (Wildman–Crippen LogP) is 4.62. The summed E-state index contributed by atoms with van der Waals surface area (Å²) < 4.78 is 14.0. The van der Waals surface area contributed by atoms with Gasteiger partial charge in [-0.25, -0.2) is 0 Å². The fourth-order valence-electron chi connectivity index (χ4n) is 5.69. The van der Waals surface area contributed by atoms with E-state index < -0.39 is 6.10 Å². The molecule has 2 heterocycles. The van der Waals surface area contributed by atoms with Crippen LogP contribution in [0.4, 0.5) is 0 Å². The van der Waals surface area contributed by atoms with E-state index >= 15 is 0 Å². The summed E-state index contributed by atoms with van der Waals surface area (Å²) >= 11 is 0. The third kappa shape index (κ3) is 7.76. The largest absolute Gasteiger partial charge is 0.493 e. The Kier molecular flexibility index (Phi) is 10.7. The molecule has 0 amide bonds. The Morgan fingerprint density at radius 2 is 1.85 bits per heavy atom. The van der Waals surface area contributed by atoms with Crippen LogP contribution in [-0.2, 0) is 13.1 Å². The number of hydrogen-bond acceptors (Lipinski definition) is 6. The Labute approximate surface area is 233 Å². The highest BCUT2D eigenvalue weighted by Gasteiger charge is 2.18. The molecule has 1 aliphatic rings. The number of rotatable bonds is 14. The van der Waals surface area contributed by atoms with E-state index in [1.165, 1.54) is 29.5 Å². The molecule has 1 saturated heterocycles. The van der Waals surface area contributed by atoms with Crippen LogP contribution in [0.1, 0.15) is 43.0 Å². The zero-order valence-corrected chi connectivity index (χ0v) is 24.2. The topological polar surface area (TPSA) is 70.3 Å². The summed E-state index contributed by atoms with van der Waals surface area (Å²) in [6.07, 6.45) is 2.65. The Balaban J connectivity index is 1.37. The van der Waals surface area contributed by atoms with Crippen LogP contribution in [0.3, 0.4) is 0 Å². The minimum atomic E-state index is -0.542. The molecule has 4 rings (SSSR count). The minimum absolute atomic E-state index is 0.124. The Bertz CT molecular complexity index is 1190. The van der Waals surface area contributed by atoms with Crippen LogP contribution in [0.15, 0.2) is 42.5 Å². The standard InChI is InChI=1S/C32H47N3O4/c1-24-12-15-33(16-13-24)17-19-39-31-11-10-27(20-32(31)38-4)21-34(14-7-18-36)22-28(37)23-35-26(3)25(2)29-8-5-6-9-30(29)35/h5-6,8-11,20,24,28,36-37H,7,12-19,21-23H2,1-4H3. The second-order valence-electron chi connectivity index (χ2n) is 11.2. The Hall–Kier alpha value is -2.58. The van der Waals surface area contributed by atoms with E-state index in [0.717, 1.165) is 48.1 Å². The van der Waals surface area contributed by atoms with Gasteiger partial charge < -0.3 is 24.3 Å². The van der Waals surface area contributed by atoms with Gasteiger partial charge in [-0.05, 0) is 81.4 Å². The van der Waals surface area contributed by atoms with E-state index in [0.29, 0.717) is 39.2 Å². The lowest BCUT2D eigenvalue weighted by Gasteiger charge is -2.30.